The second kappa shape index (κ2) is 6.83. The summed E-state index contributed by atoms with van der Waals surface area (Å²) >= 11 is 0. The maximum absolute atomic E-state index is 13.0. The summed E-state index contributed by atoms with van der Waals surface area (Å²) in [5.74, 6) is 0.100. The smallest absolute Gasteiger partial charge is 0.269 e. The minimum Gasteiger partial charge on any atom is -0.354 e. The molecule has 0 bridgehead atoms. The van der Waals surface area contributed by atoms with Crippen LogP contribution in [0.1, 0.15) is 52.1 Å². The van der Waals surface area contributed by atoms with Crippen molar-refractivity contribution in [2.24, 2.45) is 0 Å². The van der Waals surface area contributed by atoms with Gasteiger partial charge in [0.25, 0.3) is 11.8 Å². The van der Waals surface area contributed by atoms with Crippen LogP contribution in [0.5, 0.6) is 0 Å². The van der Waals surface area contributed by atoms with Crippen molar-refractivity contribution >= 4 is 17.5 Å². The first kappa shape index (κ1) is 16.2. The van der Waals surface area contributed by atoms with Gasteiger partial charge >= 0.3 is 0 Å². The molecule has 24 heavy (non-hydrogen) atoms. The summed E-state index contributed by atoms with van der Waals surface area (Å²) in [6, 6.07) is 11.3. The molecule has 2 amide bonds. The minimum absolute atomic E-state index is 0.0764. The Hall–Kier alpha value is -2.69. The first-order valence-corrected chi connectivity index (χ1v) is 8.20. The molecule has 0 saturated heterocycles. The number of hydrogen-bond acceptors (Lipinski definition) is 3. The maximum atomic E-state index is 13.0. The van der Waals surface area contributed by atoms with Crippen LogP contribution in [0.15, 0.2) is 42.6 Å². The van der Waals surface area contributed by atoms with Gasteiger partial charge in [-0.25, -0.2) is 0 Å². The average Bonchev–Trinajstić information content (AvgIpc) is 2.80. The lowest BCUT2D eigenvalue weighted by Gasteiger charge is -2.23. The molecule has 2 heterocycles. The van der Waals surface area contributed by atoms with Gasteiger partial charge in [-0.2, -0.15) is 0 Å². The third-order valence-electron chi connectivity index (χ3n) is 4.49. The van der Waals surface area contributed by atoms with E-state index in [1.54, 1.807) is 19.2 Å². The van der Waals surface area contributed by atoms with Crippen molar-refractivity contribution < 1.29 is 9.59 Å². The van der Waals surface area contributed by atoms with Crippen LogP contribution in [0, 0.1) is 0 Å². The molecule has 5 heteroatoms. The van der Waals surface area contributed by atoms with E-state index in [1.807, 2.05) is 23.1 Å². The lowest BCUT2D eigenvalue weighted by molar-refractivity contribution is 0.0953. The average molecular weight is 323 g/mol. The lowest BCUT2D eigenvalue weighted by Crippen LogP contribution is -2.32. The second-order valence-corrected chi connectivity index (χ2v) is 6.07. The molecule has 1 atom stereocenters. The van der Waals surface area contributed by atoms with Crippen molar-refractivity contribution in [1.82, 2.24) is 10.3 Å². The zero-order valence-corrected chi connectivity index (χ0v) is 14.0. The molecular formula is C19H21N3O2. The Bertz CT molecular complexity index is 755. The van der Waals surface area contributed by atoms with E-state index in [1.165, 1.54) is 11.8 Å². The molecule has 0 unspecified atom stereocenters. The highest BCUT2D eigenvalue weighted by atomic mass is 16.2. The van der Waals surface area contributed by atoms with Gasteiger partial charge in [-0.15, -0.1) is 0 Å². The van der Waals surface area contributed by atoms with Crippen LogP contribution in [-0.2, 0) is 0 Å². The minimum atomic E-state index is -0.261. The molecule has 1 aromatic heterocycles. The van der Waals surface area contributed by atoms with Crippen LogP contribution in [0.3, 0.4) is 0 Å². The van der Waals surface area contributed by atoms with E-state index in [0.29, 0.717) is 23.7 Å². The fourth-order valence-corrected chi connectivity index (χ4v) is 3.13. The van der Waals surface area contributed by atoms with Gasteiger partial charge in [-0.05, 0) is 42.5 Å². The third kappa shape index (κ3) is 3.02. The number of hydrogen-bond donors (Lipinski definition) is 1. The number of nitrogens with one attached hydrogen (secondary N) is 1. The lowest BCUT2D eigenvalue weighted by atomic mass is 9.96. The highest BCUT2D eigenvalue weighted by Crippen LogP contribution is 2.34. The maximum Gasteiger partial charge on any atom is 0.269 e. The van der Waals surface area contributed by atoms with Crippen LogP contribution in [0.25, 0.3) is 0 Å². The summed E-state index contributed by atoms with van der Waals surface area (Å²) in [5, 5.41) is 2.52. The number of benzene rings is 1. The summed E-state index contributed by atoms with van der Waals surface area (Å²) in [6.45, 7) is 2.89. The first-order valence-electron chi connectivity index (χ1n) is 8.20. The highest BCUT2D eigenvalue weighted by molar-refractivity contribution is 6.06. The number of para-hydroxylation sites is 1. The van der Waals surface area contributed by atoms with Crippen molar-refractivity contribution in [3.8, 4) is 0 Å². The summed E-state index contributed by atoms with van der Waals surface area (Å²) in [4.78, 5) is 30.5. The molecule has 0 fully saturated rings. The van der Waals surface area contributed by atoms with Gasteiger partial charge in [0.05, 0.1) is 5.56 Å². The molecule has 1 aromatic carbocycles. The number of carbonyl (C=O) groups is 2. The molecule has 1 aliphatic rings. The van der Waals surface area contributed by atoms with Gasteiger partial charge in [0.2, 0.25) is 0 Å². The largest absolute Gasteiger partial charge is 0.354 e. The van der Waals surface area contributed by atoms with E-state index in [4.69, 9.17) is 0 Å². The molecular weight excluding hydrogens is 302 g/mol. The van der Waals surface area contributed by atoms with Crippen LogP contribution < -0.4 is 10.2 Å². The topological polar surface area (TPSA) is 62.3 Å². The van der Waals surface area contributed by atoms with Crippen LogP contribution >= 0.6 is 0 Å². The monoisotopic (exact) mass is 323 g/mol. The highest BCUT2D eigenvalue weighted by Gasteiger charge is 2.25. The molecule has 0 saturated carbocycles. The van der Waals surface area contributed by atoms with Gasteiger partial charge in [0.1, 0.15) is 5.69 Å². The zero-order valence-electron chi connectivity index (χ0n) is 14.0. The number of carbonyl (C=O) groups excluding carboxylic acids is 2. The van der Waals surface area contributed by atoms with Gasteiger partial charge in [0, 0.05) is 25.5 Å². The van der Waals surface area contributed by atoms with E-state index in [9.17, 15) is 9.59 Å². The Morgan fingerprint density at radius 3 is 2.71 bits per heavy atom. The fraction of sp³-hybridized carbons (Fsp3) is 0.316. The SMILES string of the molecule is CNC(=O)c1ccc(C(=O)N2CCC[C@H](C)c3ccccc32)cn1. The number of amides is 2. The Balaban J connectivity index is 1.92. The number of rotatable bonds is 2. The molecule has 1 aliphatic heterocycles. The van der Waals surface area contributed by atoms with E-state index >= 15 is 0 Å². The number of pyridine rings is 1. The van der Waals surface area contributed by atoms with Crippen LogP contribution in [0.4, 0.5) is 5.69 Å². The van der Waals surface area contributed by atoms with Crippen molar-refractivity contribution in [3.05, 3.63) is 59.4 Å². The van der Waals surface area contributed by atoms with Gasteiger partial charge in [0.15, 0.2) is 0 Å². The predicted octanol–water partition coefficient (Wildman–Crippen LogP) is 2.99. The number of fused-ring (bicyclic) bond motifs is 1. The van der Waals surface area contributed by atoms with Crippen molar-refractivity contribution in [2.75, 3.05) is 18.5 Å². The summed E-state index contributed by atoms with van der Waals surface area (Å²) < 4.78 is 0. The zero-order chi connectivity index (χ0) is 17.1. The van der Waals surface area contributed by atoms with Gasteiger partial charge in [-0.3, -0.25) is 14.6 Å². The van der Waals surface area contributed by atoms with Gasteiger partial charge in [-0.1, -0.05) is 25.1 Å². The normalized spacial score (nSPS) is 16.9. The number of aromatic nitrogens is 1. The molecule has 1 N–H and O–H groups in total. The third-order valence-corrected chi connectivity index (χ3v) is 4.49. The van der Waals surface area contributed by atoms with Gasteiger partial charge < -0.3 is 10.2 Å². The molecule has 2 aromatic rings. The van der Waals surface area contributed by atoms with Crippen LogP contribution in [0.2, 0.25) is 0 Å². The number of nitrogens with zero attached hydrogens (tertiary/aromatic N) is 2. The van der Waals surface area contributed by atoms with Crippen molar-refractivity contribution in [2.45, 2.75) is 25.7 Å². The fourth-order valence-electron chi connectivity index (χ4n) is 3.13. The predicted molar refractivity (Wildman–Crippen MR) is 93.4 cm³/mol. The first-order chi connectivity index (χ1) is 11.6. The van der Waals surface area contributed by atoms with E-state index < -0.39 is 0 Å². The number of anilines is 1. The Morgan fingerprint density at radius 2 is 2.00 bits per heavy atom. The molecule has 124 valence electrons. The summed E-state index contributed by atoms with van der Waals surface area (Å²) in [7, 11) is 1.55. The van der Waals surface area contributed by atoms with Crippen molar-refractivity contribution in [1.29, 1.82) is 0 Å². The summed E-state index contributed by atoms with van der Waals surface area (Å²) in [5.41, 5.74) is 2.98. The molecule has 0 aliphatic carbocycles. The Labute approximate surface area is 141 Å². The van der Waals surface area contributed by atoms with E-state index in [-0.39, 0.29) is 11.8 Å². The summed E-state index contributed by atoms with van der Waals surface area (Å²) in [6.07, 6.45) is 3.50. The standard InChI is InChI=1S/C19H21N3O2/c1-13-6-5-11-22(17-8-4-3-7-15(13)17)19(24)14-9-10-16(21-12-14)18(23)20-2/h3-4,7-10,12-13H,5-6,11H2,1-2H3,(H,20,23)/t13-/m0/s1. The van der Waals surface area contributed by atoms with Crippen LogP contribution in [-0.4, -0.2) is 30.4 Å². The molecule has 0 radical (unpaired) electrons. The van der Waals surface area contributed by atoms with Crippen molar-refractivity contribution in [3.63, 3.8) is 0 Å². The molecule has 3 rings (SSSR count). The molecule has 5 nitrogen and oxygen atoms in total. The second-order valence-electron chi connectivity index (χ2n) is 6.07. The quantitative estimate of drug-likeness (QED) is 0.924. The molecule has 0 spiro atoms. The Kier molecular flexibility index (Phi) is 4.60. The van der Waals surface area contributed by atoms with E-state index in [2.05, 4.69) is 23.3 Å². The Morgan fingerprint density at radius 1 is 1.21 bits per heavy atom. The van der Waals surface area contributed by atoms with E-state index in [0.717, 1.165) is 18.5 Å².